The van der Waals surface area contributed by atoms with Gasteiger partial charge in [0.2, 0.25) is 0 Å². The van der Waals surface area contributed by atoms with E-state index in [1.165, 1.54) is 13.8 Å². The van der Waals surface area contributed by atoms with Crippen LogP contribution in [0.15, 0.2) is 0 Å². The Morgan fingerprint density at radius 1 is 0.316 bits per heavy atom. The summed E-state index contributed by atoms with van der Waals surface area (Å²) in [6, 6.07) is 0. The smallest absolute Gasteiger partial charge is 0.187 e. The second-order valence-corrected chi connectivity index (χ2v) is 14.9. The molecule has 0 spiro atoms. The molecule has 6 heterocycles. The fourth-order valence-corrected chi connectivity index (χ4v) is 7.30. The summed E-state index contributed by atoms with van der Waals surface area (Å²) in [6.45, 7) is 0.934. The van der Waals surface area contributed by atoms with E-state index in [4.69, 9.17) is 52.1 Å². The summed E-state index contributed by atoms with van der Waals surface area (Å²) < 4.78 is 60.5. The first-order chi connectivity index (χ1) is 26.9. The number of ether oxygens (including phenoxy) is 11. The third kappa shape index (κ3) is 9.58. The summed E-state index contributed by atoms with van der Waals surface area (Å²) in [5, 5.41) is 148. The number of rotatable bonds is 10. The molecule has 6 fully saturated rings. The van der Waals surface area contributed by atoms with Crippen molar-refractivity contribution >= 4 is 0 Å². The minimum absolute atomic E-state index is 0.398. The van der Waals surface area contributed by atoms with Gasteiger partial charge in [-0.3, -0.25) is 0 Å². The van der Waals surface area contributed by atoms with Crippen LogP contribution in [0.3, 0.4) is 0 Å². The summed E-state index contributed by atoms with van der Waals surface area (Å²) >= 11 is 0. The highest BCUT2D eigenvalue weighted by Crippen LogP contribution is 2.34. The molecule has 25 heteroatoms. The number of hydrogen-bond donors (Lipinski definition) is 14. The fourth-order valence-electron chi connectivity index (χ4n) is 7.30. The van der Waals surface area contributed by atoms with Crippen molar-refractivity contribution < 1.29 is 124 Å². The second kappa shape index (κ2) is 18.9. The van der Waals surface area contributed by atoms with E-state index in [-0.39, 0.29) is 0 Å². The molecule has 6 aliphatic heterocycles. The van der Waals surface area contributed by atoms with Gasteiger partial charge in [0.1, 0.15) is 110 Å². The van der Waals surface area contributed by atoms with Gasteiger partial charge in [0.15, 0.2) is 37.7 Å². The van der Waals surface area contributed by atoms with Gasteiger partial charge in [-0.15, -0.1) is 0 Å². The van der Waals surface area contributed by atoms with Crippen LogP contribution in [0.2, 0.25) is 0 Å². The molecule has 0 aromatic heterocycles. The van der Waals surface area contributed by atoms with Gasteiger partial charge in [-0.05, 0) is 13.8 Å². The summed E-state index contributed by atoms with van der Waals surface area (Å²) in [6.07, 6.45) is -42.0. The molecule has 0 aromatic carbocycles. The Morgan fingerprint density at radius 2 is 0.702 bits per heavy atom. The Bertz CT molecular complexity index is 1270. The Morgan fingerprint density at radius 3 is 1.30 bits per heavy atom. The van der Waals surface area contributed by atoms with E-state index in [1.54, 1.807) is 0 Å². The molecule has 332 valence electrons. The lowest BCUT2D eigenvalue weighted by Crippen LogP contribution is -2.66. The largest absolute Gasteiger partial charge is 0.388 e. The van der Waals surface area contributed by atoms with Crippen LogP contribution in [-0.2, 0) is 52.1 Å². The zero-order valence-electron chi connectivity index (χ0n) is 30.6. The molecule has 26 atom stereocenters. The van der Waals surface area contributed by atoms with Crippen molar-refractivity contribution in [3.63, 3.8) is 0 Å². The van der Waals surface area contributed by atoms with Crippen molar-refractivity contribution in [2.45, 2.75) is 174 Å². The van der Waals surface area contributed by atoms with Crippen molar-refractivity contribution in [2.24, 2.45) is 0 Å². The standard InChI is InChI=1S/C32H54O25/c1-7-13(37)25(21(45)32(51-7)57-26-15(39)10(34)3-47-27(26)46)56-30-20(44)24(12(36)6-50-30)55-31-18(42)16(40)22(8(2)52-31)53-29-19(43)23(11(35)5-49-29)54-28-17(41)14(38)9(33)4-48-28/h7-46H,3-6H2,1-2H3/t7-,8-,9+,10+,11+,12+,13-,14-,15-,16-,17+,18+,19+,20+,21+,22-,23-,24-,25+,26+,27+,28-,29-,30-,31-,32-/m0/s1. The van der Waals surface area contributed by atoms with Crippen LogP contribution in [0, 0.1) is 0 Å². The third-order valence-electron chi connectivity index (χ3n) is 10.8. The summed E-state index contributed by atoms with van der Waals surface area (Å²) in [5.74, 6) is 0. The average Bonchev–Trinajstić information content (AvgIpc) is 3.17. The minimum Gasteiger partial charge on any atom is -0.388 e. The molecule has 14 N–H and O–H groups in total. The van der Waals surface area contributed by atoms with E-state index in [1.807, 2.05) is 0 Å². The molecule has 0 amide bonds. The van der Waals surface area contributed by atoms with Gasteiger partial charge in [0.25, 0.3) is 0 Å². The normalized spacial score (nSPS) is 55.4. The van der Waals surface area contributed by atoms with Crippen molar-refractivity contribution in [3.8, 4) is 0 Å². The van der Waals surface area contributed by atoms with Crippen LogP contribution in [0.25, 0.3) is 0 Å². The lowest BCUT2D eigenvalue weighted by atomic mass is 9.97. The first kappa shape index (κ1) is 45.5. The fraction of sp³-hybridized carbons (Fsp3) is 1.00. The molecule has 0 bridgehead atoms. The van der Waals surface area contributed by atoms with Crippen molar-refractivity contribution in [1.29, 1.82) is 0 Å². The first-order valence-electron chi connectivity index (χ1n) is 18.5. The maximum absolute atomic E-state index is 11.2. The highest BCUT2D eigenvalue weighted by Gasteiger charge is 2.54. The minimum atomic E-state index is -1.93. The summed E-state index contributed by atoms with van der Waals surface area (Å²) in [7, 11) is 0. The van der Waals surface area contributed by atoms with Gasteiger partial charge in [-0.2, -0.15) is 0 Å². The Kier molecular flexibility index (Phi) is 15.1. The van der Waals surface area contributed by atoms with Gasteiger partial charge in [0.05, 0.1) is 38.6 Å². The van der Waals surface area contributed by atoms with Crippen LogP contribution < -0.4 is 0 Å². The Hall–Kier alpha value is -1.00. The molecule has 6 aliphatic rings. The van der Waals surface area contributed by atoms with E-state index in [0.29, 0.717) is 0 Å². The zero-order valence-corrected chi connectivity index (χ0v) is 30.6. The van der Waals surface area contributed by atoms with Crippen molar-refractivity contribution in [2.75, 3.05) is 26.4 Å². The van der Waals surface area contributed by atoms with Crippen LogP contribution in [0.4, 0.5) is 0 Å². The van der Waals surface area contributed by atoms with E-state index < -0.39 is 186 Å². The third-order valence-corrected chi connectivity index (χ3v) is 10.8. The van der Waals surface area contributed by atoms with E-state index in [0.717, 1.165) is 0 Å². The summed E-state index contributed by atoms with van der Waals surface area (Å²) in [4.78, 5) is 0. The highest BCUT2D eigenvalue weighted by molar-refractivity contribution is 4.96. The summed E-state index contributed by atoms with van der Waals surface area (Å²) in [5.41, 5.74) is 0. The number of hydrogen-bond acceptors (Lipinski definition) is 25. The predicted molar refractivity (Wildman–Crippen MR) is 172 cm³/mol. The Labute approximate surface area is 323 Å². The molecule has 0 unspecified atom stereocenters. The molecule has 0 radical (unpaired) electrons. The lowest BCUT2D eigenvalue weighted by Gasteiger charge is -2.48. The van der Waals surface area contributed by atoms with Gasteiger partial charge in [-0.1, -0.05) is 0 Å². The van der Waals surface area contributed by atoms with Gasteiger partial charge in [0, 0.05) is 0 Å². The topological polar surface area (TPSA) is 385 Å². The molecule has 0 aliphatic carbocycles. The van der Waals surface area contributed by atoms with Crippen LogP contribution >= 0.6 is 0 Å². The molecular formula is C32H54O25. The zero-order chi connectivity index (χ0) is 41.6. The van der Waals surface area contributed by atoms with E-state index >= 15 is 0 Å². The van der Waals surface area contributed by atoms with Crippen LogP contribution in [-0.4, -0.2) is 258 Å². The number of aliphatic hydroxyl groups is 14. The molecule has 6 rings (SSSR count). The highest BCUT2D eigenvalue weighted by atomic mass is 16.8. The second-order valence-electron chi connectivity index (χ2n) is 14.9. The molecular weight excluding hydrogens is 784 g/mol. The maximum atomic E-state index is 11.2. The van der Waals surface area contributed by atoms with Crippen LogP contribution in [0.1, 0.15) is 13.8 Å². The monoisotopic (exact) mass is 838 g/mol. The molecule has 0 aromatic rings. The quantitative estimate of drug-likeness (QED) is 0.0971. The first-order valence-corrected chi connectivity index (χ1v) is 18.5. The molecule has 57 heavy (non-hydrogen) atoms. The maximum Gasteiger partial charge on any atom is 0.187 e. The lowest BCUT2D eigenvalue weighted by molar-refractivity contribution is -0.384. The predicted octanol–water partition coefficient (Wildman–Crippen LogP) is -9.49. The van der Waals surface area contributed by atoms with Gasteiger partial charge in [-0.25, -0.2) is 0 Å². The van der Waals surface area contributed by atoms with E-state index in [2.05, 4.69) is 0 Å². The SMILES string of the molecule is C[C@@H]1O[C@@H](O[C@@H]2[C@@H](O)[C@H](O)CO[C@H]2O)[C@H](O)[C@H](O[C@@H]2OC[C@@H](O)[C@H](O[C@@H]3O[C@@H](C)[C@H](O[C@@H]4OC[C@@H](O)[C@H](O[C@@H]5OC[C@@H](O)[C@H](O)[C@H]5O)[C@H]4O)[C@@H](O)[C@H]3O)[C@H]2O)[C@H]1O. The Balaban J connectivity index is 1.06. The van der Waals surface area contributed by atoms with Crippen molar-refractivity contribution in [3.05, 3.63) is 0 Å². The van der Waals surface area contributed by atoms with E-state index in [9.17, 15) is 71.5 Å². The number of aliphatic hydroxyl groups excluding tert-OH is 14. The van der Waals surface area contributed by atoms with Crippen LogP contribution in [0.5, 0.6) is 0 Å². The van der Waals surface area contributed by atoms with Gasteiger partial charge >= 0.3 is 0 Å². The van der Waals surface area contributed by atoms with Crippen molar-refractivity contribution in [1.82, 2.24) is 0 Å². The average molecular weight is 839 g/mol. The molecule has 6 saturated heterocycles. The van der Waals surface area contributed by atoms with Gasteiger partial charge < -0.3 is 124 Å². The molecule has 0 saturated carbocycles. The molecule has 25 nitrogen and oxygen atoms in total.